The van der Waals surface area contributed by atoms with Crippen LogP contribution in [-0.2, 0) is 6.54 Å². The molecule has 3 N–H and O–H groups in total. The highest BCUT2D eigenvalue weighted by molar-refractivity contribution is 7.09. The van der Waals surface area contributed by atoms with Crippen LogP contribution in [0, 0.1) is 13.8 Å². The van der Waals surface area contributed by atoms with Crippen LogP contribution in [0.2, 0.25) is 0 Å². The molecule has 0 aliphatic rings. The monoisotopic (exact) mass is 329 g/mol. The molecule has 2 aromatic heterocycles. The minimum atomic E-state index is -1.07. The summed E-state index contributed by atoms with van der Waals surface area (Å²) < 4.78 is 0. The van der Waals surface area contributed by atoms with Crippen molar-refractivity contribution in [1.82, 2.24) is 15.3 Å². The third kappa shape index (κ3) is 2.95. The molecule has 1 aromatic carbocycles. The lowest BCUT2D eigenvalue weighted by Crippen LogP contribution is -2.22. The molecule has 0 saturated heterocycles. The molecular formula is C16H15N3O3S. The lowest BCUT2D eigenvalue weighted by atomic mass is 10.1. The molecule has 6 nitrogen and oxygen atoms in total. The maximum atomic E-state index is 12.3. The highest BCUT2D eigenvalue weighted by Gasteiger charge is 2.12. The number of aryl methyl sites for hydroxylation is 2. The number of carbonyl (C=O) groups is 2. The SMILES string of the molecule is Cc1[nH]c2ccc(C(=O)NCc3nc(C(=O)O)cs3)cc2c1C. The summed E-state index contributed by atoms with van der Waals surface area (Å²) in [5.41, 5.74) is 3.78. The van der Waals surface area contributed by atoms with Crippen LogP contribution in [0.5, 0.6) is 0 Å². The van der Waals surface area contributed by atoms with Crippen molar-refractivity contribution < 1.29 is 14.7 Å². The van der Waals surface area contributed by atoms with Crippen molar-refractivity contribution in [3.63, 3.8) is 0 Å². The van der Waals surface area contributed by atoms with E-state index in [2.05, 4.69) is 15.3 Å². The fourth-order valence-electron chi connectivity index (χ4n) is 2.35. The van der Waals surface area contributed by atoms with E-state index in [-0.39, 0.29) is 18.1 Å². The third-order valence-electron chi connectivity index (χ3n) is 3.74. The number of aromatic carboxylic acids is 1. The zero-order valence-electron chi connectivity index (χ0n) is 12.6. The molecule has 118 valence electrons. The Morgan fingerprint density at radius 3 is 2.83 bits per heavy atom. The van der Waals surface area contributed by atoms with E-state index in [0.717, 1.165) is 22.2 Å². The molecule has 2 heterocycles. The summed E-state index contributed by atoms with van der Waals surface area (Å²) in [6.07, 6.45) is 0. The van der Waals surface area contributed by atoms with Crippen LogP contribution in [0.25, 0.3) is 10.9 Å². The van der Waals surface area contributed by atoms with Crippen molar-refractivity contribution in [3.05, 3.63) is 51.1 Å². The molecule has 0 aliphatic carbocycles. The average molecular weight is 329 g/mol. The van der Waals surface area contributed by atoms with Gasteiger partial charge in [-0.1, -0.05) is 0 Å². The van der Waals surface area contributed by atoms with Gasteiger partial charge in [-0.25, -0.2) is 9.78 Å². The molecule has 0 spiro atoms. The van der Waals surface area contributed by atoms with Gasteiger partial charge in [-0.15, -0.1) is 11.3 Å². The van der Waals surface area contributed by atoms with E-state index in [1.807, 2.05) is 26.0 Å². The molecule has 7 heteroatoms. The van der Waals surface area contributed by atoms with E-state index >= 15 is 0 Å². The lowest BCUT2D eigenvalue weighted by molar-refractivity contribution is 0.0691. The molecule has 23 heavy (non-hydrogen) atoms. The van der Waals surface area contributed by atoms with E-state index in [9.17, 15) is 9.59 Å². The zero-order chi connectivity index (χ0) is 16.6. The molecule has 0 unspecified atom stereocenters. The Labute approximate surface area is 136 Å². The molecule has 0 aliphatic heterocycles. The van der Waals surface area contributed by atoms with Gasteiger partial charge in [0.15, 0.2) is 5.69 Å². The van der Waals surface area contributed by atoms with Gasteiger partial charge >= 0.3 is 5.97 Å². The van der Waals surface area contributed by atoms with E-state index < -0.39 is 5.97 Å². The minimum absolute atomic E-state index is 0.000841. The second-order valence-corrected chi connectivity index (χ2v) is 6.19. The molecule has 1 amide bonds. The van der Waals surface area contributed by atoms with Crippen molar-refractivity contribution >= 4 is 34.1 Å². The highest BCUT2D eigenvalue weighted by Crippen LogP contribution is 2.22. The Balaban J connectivity index is 1.74. The van der Waals surface area contributed by atoms with Gasteiger partial charge in [0.2, 0.25) is 0 Å². The summed E-state index contributed by atoms with van der Waals surface area (Å²) in [4.78, 5) is 30.3. The number of H-pyrrole nitrogens is 1. The van der Waals surface area contributed by atoms with Gasteiger partial charge in [0.1, 0.15) is 5.01 Å². The van der Waals surface area contributed by atoms with E-state index in [4.69, 9.17) is 5.11 Å². The Hall–Kier alpha value is -2.67. The summed E-state index contributed by atoms with van der Waals surface area (Å²) >= 11 is 1.21. The van der Waals surface area contributed by atoms with Crippen molar-refractivity contribution in [2.45, 2.75) is 20.4 Å². The maximum Gasteiger partial charge on any atom is 0.355 e. The number of amides is 1. The summed E-state index contributed by atoms with van der Waals surface area (Å²) in [6.45, 7) is 4.22. The van der Waals surface area contributed by atoms with Gasteiger partial charge < -0.3 is 15.4 Å². The average Bonchev–Trinajstić information content (AvgIpc) is 3.11. The van der Waals surface area contributed by atoms with Crippen LogP contribution in [0.3, 0.4) is 0 Å². The maximum absolute atomic E-state index is 12.3. The van der Waals surface area contributed by atoms with Gasteiger partial charge in [-0.3, -0.25) is 4.79 Å². The number of carbonyl (C=O) groups excluding carboxylic acids is 1. The van der Waals surface area contributed by atoms with Crippen LogP contribution < -0.4 is 5.32 Å². The van der Waals surface area contributed by atoms with Gasteiger partial charge in [-0.2, -0.15) is 0 Å². The van der Waals surface area contributed by atoms with Crippen molar-refractivity contribution in [3.8, 4) is 0 Å². The fourth-order valence-corrected chi connectivity index (χ4v) is 3.06. The van der Waals surface area contributed by atoms with E-state index in [0.29, 0.717) is 10.6 Å². The Morgan fingerprint density at radius 1 is 1.35 bits per heavy atom. The topological polar surface area (TPSA) is 95.1 Å². The smallest absolute Gasteiger partial charge is 0.355 e. The number of hydrogen-bond donors (Lipinski definition) is 3. The quantitative estimate of drug-likeness (QED) is 0.686. The summed E-state index contributed by atoms with van der Waals surface area (Å²) in [7, 11) is 0. The Bertz CT molecular complexity index is 911. The summed E-state index contributed by atoms with van der Waals surface area (Å²) in [6, 6.07) is 5.50. The number of fused-ring (bicyclic) bond motifs is 1. The molecular weight excluding hydrogens is 314 g/mol. The predicted molar refractivity (Wildman–Crippen MR) is 88.0 cm³/mol. The fraction of sp³-hybridized carbons (Fsp3) is 0.188. The summed E-state index contributed by atoms with van der Waals surface area (Å²) in [5, 5.41) is 14.6. The van der Waals surface area contributed by atoms with Crippen molar-refractivity contribution in [2.75, 3.05) is 0 Å². The first kappa shape index (κ1) is 15.2. The van der Waals surface area contributed by atoms with Gasteiger partial charge in [0.25, 0.3) is 5.91 Å². The molecule has 0 fully saturated rings. The predicted octanol–water partition coefficient (Wildman–Crippen LogP) is 2.87. The molecule has 0 radical (unpaired) electrons. The minimum Gasteiger partial charge on any atom is -0.476 e. The van der Waals surface area contributed by atoms with E-state index in [1.54, 1.807) is 6.07 Å². The molecule has 0 atom stereocenters. The highest BCUT2D eigenvalue weighted by atomic mass is 32.1. The number of aromatic amines is 1. The first-order chi connectivity index (χ1) is 11.0. The molecule has 0 bridgehead atoms. The number of carboxylic acids is 1. The standard InChI is InChI=1S/C16H15N3O3S/c1-8-9(2)18-12-4-3-10(5-11(8)12)15(20)17-6-14-19-13(7-23-14)16(21)22/h3-5,7,18H,6H2,1-2H3,(H,17,20)(H,21,22). The lowest BCUT2D eigenvalue weighted by Gasteiger charge is -2.04. The summed E-state index contributed by atoms with van der Waals surface area (Å²) in [5.74, 6) is -1.28. The first-order valence-corrected chi connectivity index (χ1v) is 7.88. The second kappa shape index (κ2) is 5.85. The van der Waals surface area contributed by atoms with Crippen LogP contribution in [0.15, 0.2) is 23.6 Å². The molecule has 3 rings (SSSR count). The Kier molecular flexibility index (Phi) is 3.87. The number of rotatable bonds is 4. The Morgan fingerprint density at radius 2 is 2.13 bits per heavy atom. The number of hydrogen-bond acceptors (Lipinski definition) is 4. The van der Waals surface area contributed by atoms with Crippen LogP contribution >= 0.6 is 11.3 Å². The first-order valence-electron chi connectivity index (χ1n) is 7.00. The number of carboxylic acid groups (broad SMARTS) is 1. The zero-order valence-corrected chi connectivity index (χ0v) is 13.5. The number of benzene rings is 1. The van der Waals surface area contributed by atoms with E-state index in [1.165, 1.54) is 16.7 Å². The largest absolute Gasteiger partial charge is 0.476 e. The normalized spacial score (nSPS) is 10.9. The van der Waals surface area contributed by atoms with Crippen LogP contribution in [0.4, 0.5) is 0 Å². The second-order valence-electron chi connectivity index (χ2n) is 5.25. The number of thiazole rings is 1. The van der Waals surface area contributed by atoms with Crippen LogP contribution in [0.1, 0.15) is 37.1 Å². The van der Waals surface area contributed by atoms with Crippen molar-refractivity contribution in [2.24, 2.45) is 0 Å². The van der Waals surface area contributed by atoms with Crippen molar-refractivity contribution in [1.29, 1.82) is 0 Å². The van der Waals surface area contributed by atoms with Crippen LogP contribution in [-0.4, -0.2) is 27.0 Å². The molecule has 0 saturated carbocycles. The van der Waals surface area contributed by atoms with Gasteiger partial charge in [0.05, 0.1) is 6.54 Å². The number of aromatic nitrogens is 2. The number of nitrogens with zero attached hydrogens (tertiary/aromatic N) is 1. The van der Waals surface area contributed by atoms with Gasteiger partial charge in [0, 0.05) is 27.5 Å². The molecule has 3 aromatic rings. The number of nitrogens with one attached hydrogen (secondary N) is 2. The van der Waals surface area contributed by atoms with Gasteiger partial charge in [-0.05, 0) is 37.6 Å². The third-order valence-corrected chi connectivity index (χ3v) is 4.59.